The summed E-state index contributed by atoms with van der Waals surface area (Å²) in [6.07, 6.45) is 2.21. The van der Waals surface area contributed by atoms with E-state index in [4.69, 9.17) is 0 Å². The van der Waals surface area contributed by atoms with Crippen LogP contribution in [0.1, 0.15) is 43.4 Å². The summed E-state index contributed by atoms with van der Waals surface area (Å²) >= 11 is 0. The van der Waals surface area contributed by atoms with E-state index in [1.807, 2.05) is 0 Å². The van der Waals surface area contributed by atoms with Gasteiger partial charge < -0.3 is 4.90 Å². The highest BCUT2D eigenvalue weighted by molar-refractivity contribution is 7.91. The van der Waals surface area contributed by atoms with E-state index in [0.29, 0.717) is 36.9 Å². The van der Waals surface area contributed by atoms with E-state index >= 15 is 0 Å². The lowest BCUT2D eigenvalue weighted by Crippen LogP contribution is -2.41. The Hall–Kier alpha value is -1.50. The molecule has 4 rings (SSSR count). The van der Waals surface area contributed by atoms with Gasteiger partial charge in [0.1, 0.15) is 21.5 Å². The number of benzene rings is 1. The van der Waals surface area contributed by atoms with Gasteiger partial charge in [0.15, 0.2) is 0 Å². The average Bonchev–Trinajstić information content (AvgIpc) is 3.26. The lowest BCUT2D eigenvalue weighted by molar-refractivity contribution is -0.136. The average molecular weight is 369 g/mol. The zero-order chi connectivity index (χ0) is 18.0. The van der Waals surface area contributed by atoms with Crippen LogP contribution in [0, 0.1) is 23.0 Å². The number of carbonyl (C=O) groups is 1. The fourth-order valence-electron chi connectivity index (χ4n) is 4.55. The van der Waals surface area contributed by atoms with Crippen molar-refractivity contribution in [2.45, 2.75) is 38.6 Å². The van der Waals surface area contributed by atoms with Gasteiger partial charge in [0.05, 0.1) is 17.5 Å². The summed E-state index contributed by atoms with van der Waals surface area (Å²) in [4.78, 5) is 14.7. The summed E-state index contributed by atoms with van der Waals surface area (Å²) < 4.78 is 50.8. The van der Waals surface area contributed by atoms with Crippen LogP contribution in [0.25, 0.3) is 0 Å². The lowest BCUT2D eigenvalue weighted by Gasteiger charge is -2.36. The number of carbonyl (C=O) groups excluding carboxylic acids is 1. The third-order valence-corrected chi connectivity index (χ3v) is 7.96. The molecule has 1 amide bonds. The molecule has 0 N–H and O–H groups in total. The Kier molecular flexibility index (Phi) is 3.72. The van der Waals surface area contributed by atoms with Crippen LogP contribution >= 0.6 is 0 Å². The van der Waals surface area contributed by atoms with E-state index < -0.39 is 21.5 Å². The zero-order valence-electron chi connectivity index (χ0n) is 14.1. The normalized spacial score (nSPS) is 29.3. The molecule has 7 heteroatoms. The topological polar surface area (TPSA) is 54.5 Å². The molecule has 0 radical (unpaired) electrons. The molecule has 3 aliphatic rings. The monoisotopic (exact) mass is 369 g/mol. The number of rotatable bonds is 1. The van der Waals surface area contributed by atoms with Crippen molar-refractivity contribution in [2.75, 3.05) is 18.1 Å². The molecule has 1 aromatic rings. The molecule has 0 aromatic heterocycles. The van der Waals surface area contributed by atoms with Crippen molar-refractivity contribution >= 4 is 15.7 Å². The third-order valence-electron chi connectivity index (χ3n) is 6.31. The predicted octanol–water partition coefficient (Wildman–Crippen LogP) is 2.63. The molecule has 25 heavy (non-hydrogen) atoms. The highest BCUT2D eigenvalue weighted by Crippen LogP contribution is 2.60. The smallest absolute Gasteiger partial charge is 0.226 e. The second kappa shape index (κ2) is 5.50. The van der Waals surface area contributed by atoms with Crippen molar-refractivity contribution in [3.05, 3.63) is 34.9 Å². The summed E-state index contributed by atoms with van der Waals surface area (Å²) in [7, 11) is -2.96. The van der Waals surface area contributed by atoms with Gasteiger partial charge in [0.2, 0.25) is 5.91 Å². The molecule has 0 bridgehead atoms. The zero-order valence-corrected chi connectivity index (χ0v) is 14.9. The second-order valence-corrected chi connectivity index (χ2v) is 9.99. The second-order valence-electron chi connectivity index (χ2n) is 7.68. The summed E-state index contributed by atoms with van der Waals surface area (Å²) in [5, 5.41) is 0. The number of hydrogen-bond donors (Lipinski definition) is 0. The van der Waals surface area contributed by atoms with Crippen molar-refractivity contribution < 1.29 is 22.0 Å². The molecule has 2 heterocycles. The minimum atomic E-state index is -2.96. The van der Waals surface area contributed by atoms with Crippen LogP contribution in [0.4, 0.5) is 8.78 Å². The molecule has 2 aliphatic heterocycles. The maximum absolute atomic E-state index is 14.0. The minimum Gasteiger partial charge on any atom is -0.335 e. The van der Waals surface area contributed by atoms with E-state index in [1.165, 1.54) is 6.07 Å². The van der Waals surface area contributed by atoms with Gasteiger partial charge in [0.25, 0.3) is 0 Å². The molecular weight excluding hydrogens is 348 g/mol. The summed E-state index contributed by atoms with van der Waals surface area (Å²) in [6, 6.07) is 1.84. The van der Waals surface area contributed by atoms with Gasteiger partial charge in [-0.3, -0.25) is 4.79 Å². The first kappa shape index (κ1) is 16.9. The van der Waals surface area contributed by atoms with Crippen molar-refractivity contribution in [1.29, 1.82) is 0 Å². The number of amides is 1. The van der Waals surface area contributed by atoms with Crippen molar-refractivity contribution in [1.82, 2.24) is 4.90 Å². The third kappa shape index (κ3) is 2.76. The Morgan fingerprint density at radius 1 is 1.24 bits per heavy atom. The molecule has 2 atom stereocenters. The van der Waals surface area contributed by atoms with Crippen LogP contribution in [0.2, 0.25) is 0 Å². The molecule has 2 fully saturated rings. The fourth-order valence-corrected chi connectivity index (χ4v) is 6.19. The van der Waals surface area contributed by atoms with Gasteiger partial charge in [-0.1, -0.05) is 0 Å². The van der Waals surface area contributed by atoms with Crippen LogP contribution < -0.4 is 0 Å². The number of hydrogen-bond acceptors (Lipinski definition) is 3. The summed E-state index contributed by atoms with van der Waals surface area (Å²) in [5.41, 5.74) is 0.862. The molecule has 1 spiro atoms. The Morgan fingerprint density at radius 3 is 2.60 bits per heavy atom. The summed E-state index contributed by atoms with van der Waals surface area (Å²) in [6.45, 7) is 2.22. The van der Waals surface area contributed by atoms with E-state index in [-0.39, 0.29) is 34.8 Å². The van der Waals surface area contributed by atoms with Gasteiger partial charge in [0, 0.05) is 18.5 Å². The van der Waals surface area contributed by atoms with Crippen LogP contribution in [-0.4, -0.2) is 37.3 Å². The number of fused-ring (bicyclic) bond motifs is 1. The number of halogens is 2. The van der Waals surface area contributed by atoms with Crippen LogP contribution in [0.15, 0.2) is 12.1 Å². The Morgan fingerprint density at radius 2 is 1.92 bits per heavy atom. The first-order valence-electron chi connectivity index (χ1n) is 8.71. The van der Waals surface area contributed by atoms with Crippen LogP contribution in [0.5, 0.6) is 0 Å². The fraction of sp³-hybridized carbons (Fsp3) is 0.611. The molecule has 1 aromatic carbocycles. The van der Waals surface area contributed by atoms with Gasteiger partial charge >= 0.3 is 0 Å². The van der Waals surface area contributed by atoms with Crippen LogP contribution in [0.3, 0.4) is 0 Å². The van der Waals surface area contributed by atoms with Gasteiger partial charge in [-0.05, 0) is 55.2 Å². The van der Waals surface area contributed by atoms with E-state index in [1.54, 1.807) is 11.8 Å². The van der Waals surface area contributed by atoms with Crippen molar-refractivity contribution in [2.24, 2.45) is 11.3 Å². The Labute approximate surface area is 146 Å². The molecular formula is C18H21F2NO3S. The van der Waals surface area contributed by atoms with E-state index in [9.17, 15) is 22.0 Å². The molecule has 136 valence electrons. The largest absolute Gasteiger partial charge is 0.335 e. The molecule has 1 saturated carbocycles. The van der Waals surface area contributed by atoms with E-state index in [0.717, 1.165) is 12.5 Å². The maximum Gasteiger partial charge on any atom is 0.226 e. The van der Waals surface area contributed by atoms with Crippen molar-refractivity contribution in [3.63, 3.8) is 0 Å². The van der Waals surface area contributed by atoms with Gasteiger partial charge in [-0.25, -0.2) is 17.2 Å². The highest BCUT2D eigenvalue weighted by Gasteiger charge is 2.60. The highest BCUT2D eigenvalue weighted by atomic mass is 32.2. The van der Waals surface area contributed by atoms with E-state index in [2.05, 4.69) is 0 Å². The van der Waals surface area contributed by atoms with Crippen molar-refractivity contribution in [3.8, 4) is 0 Å². The Bertz CT molecular complexity index is 838. The quantitative estimate of drug-likeness (QED) is 0.765. The first-order valence-corrected chi connectivity index (χ1v) is 10.5. The predicted molar refractivity (Wildman–Crippen MR) is 88.6 cm³/mol. The SMILES string of the molecule is CC1c2cc(F)cc(F)c2CCN1C(=O)C1CC12CCS(=O)(=O)CC2. The lowest BCUT2D eigenvalue weighted by atomic mass is 9.91. The minimum absolute atomic E-state index is 0.00196. The van der Waals surface area contributed by atoms with Crippen LogP contribution in [-0.2, 0) is 21.1 Å². The standard InChI is InChI=1S/C18H21F2NO3S/c1-11-14-8-12(19)9-16(20)13(14)2-5-21(11)17(22)15-10-18(15)3-6-25(23,24)7-4-18/h8-9,11,15H,2-7,10H2,1H3. The molecule has 1 aliphatic carbocycles. The van der Waals surface area contributed by atoms with Gasteiger partial charge in [-0.2, -0.15) is 0 Å². The maximum atomic E-state index is 14.0. The molecule has 4 nitrogen and oxygen atoms in total. The molecule has 2 unspecified atom stereocenters. The first-order chi connectivity index (χ1) is 11.7. The number of nitrogens with zero attached hydrogens (tertiary/aromatic N) is 1. The Balaban J connectivity index is 1.53. The summed E-state index contributed by atoms with van der Waals surface area (Å²) in [5.74, 6) is -1.00. The van der Waals surface area contributed by atoms with Gasteiger partial charge in [-0.15, -0.1) is 0 Å². The molecule has 1 saturated heterocycles. The number of sulfone groups is 1.